The average molecular weight is 253 g/mol. The molecule has 1 N–H and O–H groups in total. The number of hydrogen-bond acceptors (Lipinski definition) is 1. The molecule has 2 rings (SSSR count). The number of rotatable bonds is 0. The molecule has 0 saturated heterocycles. The van der Waals surface area contributed by atoms with Gasteiger partial charge in [-0.05, 0) is 13.0 Å². The van der Waals surface area contributed by atoms with Gasteiger partial charge in [0.25, 0.3) is 0 Å². The van der Waals surface area contributed by atoms with Gasteiger partial charge in [0.1, 0.15) is 11.3 Å². The molecule has 0 radical (unpaired) electrons. The van der Waals surface area contributed by atoms with Crippen molar-refractivity contribution in [2.45, 2.75) is 13.1 Å². The van der Waals surface area contributed by atoms with Gasteiger partial charge in [-0.3, -0.25) is 0 Å². The Bertz CT molecular complexity index is 559. The van der Waals surface area contributed by atoms with Gasteiger partial charge in [0.05, 0.1) is 10.5 Å². The summed E-state index contributed by atoms with van der Waals surface area (Å²) in [4.78, 5) is 5.33. The fourth-order valence-corrected chi connectivity index (χ4v) is 1.59. The van der Waals surface area contributed by atoms with E-state index in [1.807, 2.05) is 4.98 Å². The molecule has 0 spiro atoms. The van der Waals surface area contributed by atoms with Crippen LogP contribution >= 0.6 is 11.6 Å². The van der Waals surface area contributed by atoms with Crippen LogP contribution in [0.2, 0.25) is 5.02 Å². The number of halogens is 5. The summed E-state index contributed by atoms with van der Waals surface area (Å²) in [7, 11) is 0. The van der Waals surface area contributed by atoms with Gasteiger partial charge in [0.15, 0.2) is 0 Å². The fraction of sp³-hybridized carbons (Fsp3) is 0.222. The maximum absolute atomic E-state index is 13.2. The van der Waals surface area contributed by atoms with E-state index in [0.717, 1.165) is 6.07 Å². The molecule has 7 heteroatoms. The lowest BCUT2D eigenvalue weighted by Gasteiger charge is -1.99. The Balaban J connectivity index is 2.80. The van der Waals surface area contributed by atoms with Gasteiger partial charge in [0.2, 0.25) is 5.82 Å². The first kappa shape index (κ1) is 11.2. The summed E-state index contributed by atoms with van der Waals surface area (Å²) >= 11 is 5.61. The third-order valence-electron chi connectivity index (χ3n) is 2.19. The van der Waals surface area contributed by atoms with Crippen LogP contribution in [0.1, 0.15) is 11.4 Å². The SMILES string of the molecule is Cc1c(F)cc(Cl)c2nc(C(F)(F)F)[nH]c12. The van der Waals surface area contributed by atoms with Crippen LogP contribution in [0.15, 0.2) is 6.07 Å². The van der Waals surface area contributed by atoms with Crippen LogP contribution in [0.25, 0.3) is 11.0 Å². The number of aromatic amines is 1. The lowest BCUT2D eigenvalue weighted by atomic mass is 10.2. The van der Waals surface area contributed by atoms with E-state index >= 15 is 0 Å². The highest BCUT2D eigenvalue weighted by Gasteiger charge is 2.35. The summed E-state index contributed by atoms with van der Waals surface area (Å²) in [5.74, 6) is -1.85. The second-order valence-electron chi connectivity index (χ2n) is 3.27. The predicted octanol–water partition coefficient (Wildman–Crippen LogP) is 3.68. The van der Waals surface area contributed by atoms with Gasteiger partial charge in [-0.1, -0.05) is 11.6 Å². The van der Waals surface area contributed by atoms with Gasteiger partial charge < -0.3 is 4.98 Å². The standard InChI is InChI=1S/C9H5ClF4N2/c1-3-5(11)2-4(10)7-6(3)15-8(16-7)9(12,13)14/h2H,1H3,(H,15,16). The Hall–Kier alpha value is -1.30. The summed E-state index contributed by atoms with van der Waals surface area (Å²) < 4.78 is 50.3. The number of hydrogen-bond donors (Lipinski definition) is 1. The summed E-state index contributed by atoms with van der Waals surface area (Å²) in [6.07, 6.45) is -4.61. The van der Waals surface area contributed by atoms with Crippen molar-refractivity contribution in [3.8, 4) is 0 Å². The monoisotopic (exact) mass is 252 g/mol. The van der Waals surface area contributed by atoms with Crippen molar-refractivity contribution in [3.05, 3.63) is 28.3 Å². The highest BCUT2D eigenvalue weighted by Crippen LogP contribution is 2.32. The lowest BCUT2D eigenvalue weighted by molar-refractivity contribution is -0.144. The Morgan fingerprint density at radius 2 is 2.00 bits per heavy atom. The number of H-pyrrole nitrogens is 1. The third kappa shape index (κ3) is 1.63. The van der Waals surface area contributed by atoms with Gasteiger partial charge >= 0.3 is 6.18 Å². The molecule has 0 aliphatic rings. The van der Waals surface area contributed by atoms with Crippen molar-refractivity contribution >= 4 is 22.6 Å². The van der Waals surface area contributed by atoms with Gasteiger partial charge in [-0.25, -0.2) is 9.37 Å². The largest absolute Gasteiger partial charge is 0.449 e. The molecule has 2 aromatic rings. The summed E-state index contributed by atoms with van der Waals surface area (Å²) in [5, 5.41) is -0.148. The van der Waals surface area contributed by atoms with E-state index in [-0.39, 0.29) is 21.6 Å². The van der Waals surface area contributed by atoms with Crippen LogP contribution in [0.3, 0.4) is 0 Å². The first-order valence-electron chi connectivity index (χ1n) is 4.22. The highest BCUT2D eigenvalue weighted by atomic mass is 35.5. The molecule has 0 aliphatic carbocycles. The molecular formula is C9H5ClF4N2. The number of aromatic nitrogens is 2. The van der Waals surface area contributed by atoms with Crippen LogP contribution < -0.4 is 0 Å². The van der Waals surface area contributed by atoms with E-state index in [2.05, 4.69) is 4.98 Å². The summed E-state index contributed by atoms with van der Waals surface area (Å²) in [6.45, 7) is 1.35. The lowest BCUT2D eigenvalue weighted by Crippen LogP contribution is -2.06. The quantitative estimate of drug-likeness (QED) is 0.712. The van der Waals surface area contributed by atoms with Crippen molar-refractivity contribution in [2.24, 2.45) is 0 Å². The molecule has 16 heavy (non-hydrogen) atoms. The zero-order chi connectivity index (χ0) is 12.1. The number of nitrogens with zero attached hydrogens (tertiary/aromatic N) is 1. The van der Waals surface area contributed by atoms with Gasteiger partial charge in [-0.15, -0.1) is 0 Å². The van der Waals surface area contributed by atoms with Crippen molar-refractivity contribution in [2.75, 3.05) is 0 Å². The zero-order valence-electron chi connectivity index (χ0n) is 7.91. The first-order valence-corrected chi connectivity index (χ1v) is 4.60. The predicted molar refractivity (Wildman–Crippen MR) is 50.8 cm³/mol. The third-order valence-corrected chi connectivity index (χ3v) is 2.47. The molecule has 86 valence electrons. The van der Waals surface area contributed by atoms with E-state index in [4.69, 9.17) is 11.6 Å². The van der Waals surface area contributed by atoms with Crippen LogP contribution in [0.4, 0.5) is 17.6 Å². The molecular weight excluding hydrogens is 248 g/mol. The minimum absolute atomic E-state index is 0.0303. The van der Waals surface area contributed by atoms with Gasteiger partial charge in [-0.2, -0.15) is 13.2 Å². The number of benzene rings is 1. The number of fused-ring (bicyclic) bond motifs is 1. The number of alkyl halides is 3. The first-order chi connectivity index (χ1) is 7.30. The smallest absolute Gasteiger partial charge is 0.334 e. The maximum Gasteiger partial charge on any atom is 0.449 e. The molecule has 0 aliphatic heterocycles. The van der Waals surface area contributed by atoms with Gasteiger partial charge in [0, 0.05) is 5.56 Å². The minimum Gasteiger partial charge on any atom is -0.334 e. The summed E-state index contributed by atoms with van der Waals surface area (Å²) in [6, 6.07) is 0.945. The van der Waals surface area contributed by atoms with E-state index in [1.165, 1.54) is 6.92 Å². The van der Waals surface area contributed by atoms with Crippen molar-refractivity contribution in [1.82, 2.24) is 9.97 Å². The Morgan fingerprint density at radius 1 is 1.38 bits per heavy atom. The number of imidazole rings is 1. The Kier molecular flexibility index (Phi) is 2.34. The molecule has 1 aromatic heterocycles. The molecule has 0 fully saturated rings. The molecule has 2 nitrogen and oxygen atoms in total. The van der Waals surface area contributed by atoms with Crippen LogP contribution in [0.5, 0.6) is 0 Å². The molecule has 1 aromatic carbocycles. The fourth-order valence-electron chi connectivity index (χ4n) is 1.36. The van der Waals surface area contributed by atoms with Crippen molar-refractivity contribution < 1.29 is 17.6 Å². The topological polar surface area (TPSA) is 28.7 Å². The second-order valence-corrected chi connectivity index (χ2v) is 3.68. The van der Waals surface area contributed by atoms with Crippen LogP contribution in [-0.4, -0.2) is 9.97 Å². The van der Waals surface area contributed by atoms with E-state index in [1.54, 1.807) is 0 Å². The minimum atomic E-state index is -4.61. The zero-order valence-corrected chi connectivity index (χ0v) is 8.67. The molecule has 0 saturated carbocycles. The van der Waals surface area contributed by atoms with Crippen molar-refractivity contribution in [3.63, 3.8) is 0 Å². The number of nitrogens with one attached hydrogen (secondary N) is 1. The normalized spacial score (nSPS) is 12.4. The second kappa shape index (κ2) is 3.35. The molecule has 0 bridgehead atoms. The maximum atomic E-state index is 13.2. The molecule has 1 heterocycles. The van der Waals surface area contributed by atoms with E-state index in [0.29, 0.717) is 0 Å². The van der Waals surface area contributed by atoms with E-state index in [9.17, 15) is 17.6 Å². The molecule has 0 unspecified atom stereocenters. The molecule has 0 amide bonds. The Labute approximate surface area is 92.2 Å². The average Bonchev–Trinajstić information content (AvgIpc) is 2.58. The van der Waals surface area contributed by atoms with Crippen molar-refractivity contribution in [1.29, 1.82) is 0 Å². The van der Waals surface area contributed by atoms with E-state index < -0.39 is 17.8 Å². The Morgan fingerprint density at radius 3 is 2.56 bits per heavy atom. The van der Waals surface area contributed by atoms with Crippen LogP contribution in [0, 0.1) is 12.7 Å². The van der Waals surface area contributed by atoms with Crippen LogP contribution in [-0.2, 0) is 6.18 Å². The number of aryl methyl sites for hydroxylation is 1. The molecule has 0 atom stereocenters. The highest BCUT2D eigenvalue weighted by molar-refractivity contribution is 6.35. The summed E-state index contributed by atoms with van der Waals surface area (Å²) in [5.41, 5.74) is -0.0485.